The summed E-state index contributed by atoms with van der Waals surface area (Å²) in [7, 11) is 0. The van der Waals surface area contributed by atoms with Gasteiger partial charge in [0.05, 0.1) is 22.3 Å². The number of anilines is 1. The monoisotopic (exact) mass is 405 g/mol. The molecular formula is C20H27N3O6. The van der Waals surface area contributed by atoms with E-state index in [9.17, 15) is 19.7 Å². The predicted molar refractivity (Wildman–Crippen MR) is 106 cm³/mol. The Morgan fingerprint density at radius 3 is 2.72 bits per heavy atom. The van der Waals surface area contributed by atoms with Gasteiger partial charge in [-0.25, -0.2) is 4.79 Å². The topological polar surface area (TPSA) is 111 Å². The van der Waals surface area contributed by atoms with Crippen molar-refractivity contribution in [3.8, 4) is 0 Å². The van der Waals surface area contributed by atoms with Gasteiger partial charge in [0.2, 0.25) is 0 Å². The Balaban J connectivity index is 1.64. The maximum atomic E-state index is 12.6. The molecule has 9 heteroatoms. The molecule has 2 heterocycles. The minimum absolute atomic E-state index is 0.000444. The summed E-state index contributed by atoms with van der Waals surface area (Å²) in [5.41, 5.74) is 0.529. The van der Waals surface area contributed by atoms with Crippen molar-refractivity contribution in [2.75, 3.05) is 37.7 Å². The Kier molecular flexibility index (Phi) is 7.03. The molecule has 9 nitrogen and oxygen atoms in total. The summed E-state index contributed by atoms with van der Waals surface area (Å²) in [4.78, 5) is 37.2. The highest BCUT2D eigenvalue weighted by molar-refractivity contribution is 5.97. The van der Waals surface area contributed by atoms with E-state index in [1.54, 1.807) is 6.07 Å². The first-order valence-electron chi connectivity index (χ1n) is 10.0. The van der Waals surface area contributed by atoms with Gasteiger partial charge in [-0.1, -0.05) is 6.92 Å². The van der Waals surface area contributed by atoms with Crippen LogP contribution in [0.5, 0.6) is 0 Å². The van der Waals surface area contributed by atoms with Crippen LogP contribution in [0.1, 0.15) is 43.0 Å². The average molecular weight is 405 g/mol. The Hall–Kier alpha value is -2.68. The lowest BCUT2D eigenvalue weighted by Crippen LogP contribution is -2.35. The number of hydrogen-bond acceptors (Lipinski definition) is 7. The Morgan fingerprint density at radius 1 is 1.31 bits per heavy atom. The lowest BCUT2D eigenvalue weighted by molar-refractivity contribution is -0.384. The molecule has 1 aromatic rings. The standard InChI is InChI=1S/C20H27N3O6/c1-14-6-8-22(9-7-14)18-5-4-15(23(26)27)11-17(18)20(25)29-13-19(24)21-12-16-3-2-10-28-16/h4-5,11,14,16H,2-3,6-10,12-13H2,1H3,(H,21,24)/t16-/m1/s1. The highest BCUT2D eigenvalue weighted by Gasteiger charge is 2.25. The summed E-state index contributed by atoms with van der Waals surface area (Å²) >= 11 is 0. The fourth-order valence-corrected chi connectivity index (χ4v) is 3.62. The third-order valence-corrected chi connectivity index (χ3v) is 5.42. The number of non-ortho nitro benzene ring substituents is 1. The molecule has 2 aliphatic rings. The number of carbonyl (C=O) groups is 2. The average Bonchev–Trinajstić information content (AvgIpc) is 3.24. The molecule has 0 unspecified atom stereocenters. The minimum atomic E-state index is -0.741. The molecule has 0 aliphatic carbocycles. The lowest BCUT2D eigenvalue weighted by atomic mass is 9.98. The zero-order valence-electron chi connectivity index (χ0n) is 16.6. The molecule has 3 rings (SSSR count). The summed E-state index contributed by atoms with van der Waals surface area (Å²) in [6.07, 6.45) is 3.83. The van der Waals surface area contributed by atoms with Gasteiger partial charge >= 0.3 is 5.97 Å². The van der Waals surface area contributed by atoms with Gasteiger partial charge < -0.3 is 19.7 Å². The number of piperidine rings is 1. The van der Waals surface area contributed by atoms with E-state index in [1.165, 1.54) is 12.1 Å². The SMILES string of the molecule is CC1CCN(c2ccc([N+](=O)[O-])cc2C(=O)OCC(=O)NC[C@H]2CCCO2)CC1. The van der Waals surface area contributed by atoms with Crippen molar-refractivity contribution in [3.63, 3.8) is 0 Å². The van der Waals surface area contributed by atoms with E-state index in [2.05, 4.69) is 12.2 Å². The number of carbonyl (C=O) groups excluding carboxylic acids is 2. The first-order valence-corrected chi connectivity index (χ1v) is 10.0. The van der Waals surface area contributed by atoms with Crippen LogP contribution in [-0.2, 0) is 14.3 Å². The van der Waals surface area contributed by atoms with Crippen LogP contribution in [0.25, 0.3) is 0 Å². The molecule has 0 saturated carbocycles. The quantitative estimate of drug-likeness (QED) is 0.421. The third-order valence-electron chi connectivity index (χ3n) is 5.42. The number of amides is 1. The number of ether oxygens (including phenoxy) is 2. The van der Waals surface area contributed by atoms with Gasteiger partial charge in [0.25, 0.3) is 11.6 Å². The van der Waals surface area contributed by atoms with Crippen molar-refractivity contribution < 1.29 is 24.0 Å². The minimum Gasteiger partial charge on any atom is -0.452 e. The lowest BCUT2D eigenvalue weighted by Gasteiger charge is -2.33. The molecule has 0 bridgehead atoms. The van der Waals surface area contributed by atoms with Gasteiger partial charge in [0.1, 0.15) is 0 Å². The summed E-state index contributed by atoms with van der Waals surface area (Å²) < 4.78 is 10.6. The predicted octanol–water partition coefficient (Wildman–Crippen LogP) is 2.28. The summed E-state index contributed by atoms with van der Waals surface area (Å²) in [6.45, 7) is 4.34. The van der Waals surface area contributed by atoms with E-state index in [0.717, 1.165) is 38.8 Å². The fourth-order valence-electron chi connectivity index (χ4n) is 3.62. The maximum Gasteiger partial charge on any atom is 0.341 e. The second-order valence-corrected chi connectivity index (χ2v) is 7.64. The van der Waals surface area contributed by atoms with Gasteiger partial charge in [0, 0.05) is 38.4 Å². The Morgan fingerprint density at radius 2 is 2.07 bits per heavy atom. The molecule has 158 valence electrons. The second-order valence-electron chi connectivity index (χ2n) is 7.64. The number of nitrogens with one attached hydrogen (secondary N) is 1. The summed E-state index contributed by atoms with van der Waals surface area (Å²) in [5, 5.41) is 13.8. The number of rotatable bonds is 7. The normalized spacial score (nSPS) is 19.8. The van der Waals surface area contributed by atoms with Crippen LogP contribution in [0.3, 0.4) is 0 Å². The first-order chi connectivity index (χ1) is 13.9. The van der Waals surface area contributed by atoms with Gasteiger partial charge in [-0.15, -0.1) is 0 Å². The van der Waals surface area contributed by atoms with E-state index >= 15 is 0 Å². The first kappa shape index (κ1) is 21.0. The van der Waals surface area contributed by atoms with Crippen molar-refractivity contribution in [2.24, 2.45) is 5.92 Å². The Bertz CT molecular complexity index is 755. The summed E-state index contributed by atoms with van der Waals surface area (Å²) in [5.74, 6) is -0.561. The molecule has 0 radical (unpaired) electrons. The van der Waals surface area contributed by atoms with E-state index in [0.29, 0.717) is 24.8 Å². The molecule has 2 saturated heterocycles. The molecule has 1 atom stereocenters. The van der Waals surface area contributed by atoms with Crippen molar-refractivity contribution in [1.29, 1.82) is 0 Å². The van der Waals surface area contributed by atoms with E-state index in [-0.39, 0.29) is 17.4 Å². The van der Waals surface area contributed by atoms with E-state index in [1.807, 2.05) is 4.90 Å². The van der Waals surface area contributed by atoms with E-state index in [4.69, 9.17) is 9.47 Å². The van der Waals surface area contributed by atoms with Gasteiger partial charge in [-0.3, -0.25) is 14.9 Å². The number of nitro benzene ring substituents is 1. The molecule has 1 aromatic carbocycles. The van der Waals surface area contributed by atoms with Crippen molar-refractivity contribution in [3.05, 3.63) is 33.9 Å². The molecular weight excluding hydrogens is 378 g/mol. The molecule has 29 heavy (non-hydrogen) atoms. The van der Waals surface area contributed by atoms with E-state index < -0.39 is 23.4 Å². The highest BCUT2D eigenvalue weighted by atomic mass is 16.6. The molecule has 1 N–H and O–H groups in total. The fraction of sp³-hybridized carbons (Fsp3) is 0.600. The van der Waals surface area contributed by atoms with Crippen LogP contribution >= 0.6 is 0 Å². The number of benzene rings is 1. The summed E-state index contributed by atoms with van der Waals surface area (Å²) in [6, 6.07) is 4.20. The largest absolute Gasteiger partial charge is 0.452 e. The molecule has 2 fully saturated rings. The third kappa shape index (κ3) is 5.66. The van der Waals surface area contributed by atoms with Crippen LogP contribution in [0.15, 0.2) is 18.2 Å². The maximum absolute atomic E-state index is 12.6. The van der Waals surface area contributed by atoms with Crippen LogP contribution < -0.4 is 10.2 Å². The number of esters is 1. The van der Waals surface area contributed by atoms with Crippen molar-refractivity contribution in [2.45, 2.75) is 38.7 Å². The number of nitro groups is 1. The zero-order chi connectivity index (χ0) is 20.8. The van der Waals surface area contributed by atoms with Crippen molar-refractivity contribution >= 4 is 23.3 Å². The molecule has 0 aromatic heterocycles. The van der Waals surface area contributed by atoms with Gasteiger partial charge in [-0.05, 0) is 37.7 Å². The van der Waals surface area contributed by atoms with Crippen molar-refractivity contribution in [1.82, 2.24) is 5.32 Å². The molecule has 0 spiro atoms. The smallest absolute Gasteiger partial charge is 0.341 e. The molecule has 2 aliphatic heterocycles. The second kappa shape index (κ2) is 9.69. The van der Waals surface area contributed by atoms with Gasteiger partial charge in [-0.2, -0.15) is 0 Å². The van der Waals surface area contributed by atoms with Crippen LogP contribution in [0, 0.1) is 16.0 Å². The van der Waals surface area contributed by atoms with Crippen LogP contribution in [0.2, 0.25) is 0 Å². The van der Waals surface area contributed by atoms with Gasteiger partial charge in [0.15, 0.2) is 6.61 Å². The highest BCUT2D eigenvalue weighted by Crippen LogP contribution is 2.29. The molecule has 1 amide bonds. The van der Waals surface area contributed by atoms with Crippen LogP contribution in [0.4, 0.5) is 11.4 Å². The number of nitrogens with zero attached hydrogens (tertiary/aromatic N) is 2. The number of hydrogen-bond donors (Lipinski definition) is 1. The zero-order valence-corrected chi connectivity index (χ0v) is 16.6. The van der Waals surface area contributed by atoms with Crippen LogP contribution in [-0.4, -0.2) is 55.8 Å². The Labute approximate surface area is 169 Å².